The van der Waals surface area contributed by atoms with E-state index in [1.54, 1.807) is 14.0 Å². The van der Waals surface area contributed by atoms with Gasteiger partial charge in [-0.2, -0.15) is 4.52 Å². The van der Waals surface area contributed by atoms with E-state index in [4.69, 9.17) is 4.74 Å². The molecule has 0 aromatic carbocycles. The number of pyridine rings is 1. The lowest BCUT2D eigenvalue weighted by molar-refractivity contribution is 0.178. The smallest absolute Gasteiger partial charge is 0.274 e. The minimum atomic E-state index is -0.0557. The second-order valence-electron chi connectivity index (χ2n) is 3.55. The third-order valence-corrected chi connectivity index (χ3v) is 2.46. The van der Waals surface area contributed by atoms with Gasteiger partial charge in [0.15, 0.2) is 5.65 Å². The first kappa shape index (κ1) is 9.92. The Kier molecular flexibility index (Phi) is 2.32. The molecule has 0 saturated heterocycles. The number of nitrogens with zero attached hydrogens (tertiary/aromatic N) is 2. The lowest BCUT2D eigenvalue weighted by Crippen LogP contribution is -2.17. The fraction of sp³-hybridized carbons (Fsp3) is 0.400. The summed E-state index contributed by atoms with van der Waals surface area (Å²) in [5.41, 5.74) is 2.27. The summed E-state index contributed by atoms with van der Waals surface area (Å²) >= 11 is 0. The molecular weight excluding hydrogens is 194 g/mol. The van der Waals surface area contributed by atoms with Crippen LogP contribution in [0.5, 0.6) is 0 Å². The molecule has 1 N–H and O–H groups in total. The van der Waals surface area contributed by atoms with Crippen LogP contribution in [0.2, 0.25) is 0 Å². The van der Waals surface area contributed by atoms with Crippen LogP contribution < -0.4 is 5.56 Å². The van der Waals surface area contributed by atoms with E-state index in [1.807, 2.05) is 13.0 Å². The summed E-state index contributed by atoms with van der Waals surface area (Å²) in [7, 11) is 1.59. The average Bonchev–Trinajstić information content (AvgIpc) is 2.58. The second-order valence-corrected chi connectivity index (χ2v) is 3.55. The monoisotopic (exact) mass is 207 g/mol. The molecule has 2 rings (SSSR count). The van der Waals surface area contributed by atoms with E-state index in [0.29, 0.717) is 18.1 Å². The van der Waals surface area contributed by atoms with Crippen molar-refractivity contribution in [3.63, 3.8) is 0 Å². The highest BCUT2D eigenvalue weighted by molar-refractivity contribution is 5.42. The van der Waals surface area contributed by atoms with Crippen molar-refractivity contribution < 1.29 is 4.74 Å². The van der Waals surface area contributed by atoms with Crippen molar-refractivity contribution in [2.75, 3.05) is 7.11 Å². The molecule has 0 aliphatic heterocycles. The Morgan fingerprint density at radius 2 is 2.27 bits per heavy atom. The SMILES string of the molecule is COCc1nc2cc(C)c(C)c(=O)n2[nH]1. The van der Waals surface area contributed by atoms with Crippen LogP contribution in [-0.4, -0.2) is 21.7 Å². The van der Waals surface area contributed by atoms with Gasteiger partial charge in [0.1, 0.15) is 12.4 Å². The van der Waals surface area contributed by atoms with Gasteiger partial charge in [0.2, 0.25) is 0 Å². The molecule has 0 unspecified atom stereocenters. The number of hydrogen-bond donors (Lipinski definition) is 1. The summed E-state index contributed by atoms with van der Waals surface area (Å²) in [6.07, 6.45) is 0. The van der Waals surface area contributed by atoms with E-state index in [1.165, 1.54) is 4.52 Å². The van der Waals surface area contributed by atoms with E-state index in [9.17, 15) is 4.79 Å². The summed E-state index contributed by atoms with van der Waals surface area (Å²) in [6, 6.07) is 1.88. The summed E-state index contributed by atoms with van der Waals surface area (Å²) < 4.78 is 6.39. The third kappa shape index (κ3) is 1.55. The first-order chi connectivity index (χ1) is 7.13. The number of aryl methyl sites for hydroxylation is 1. The van der Waals surface area contributed by atoms with Crippen molar-refractivity contribution in [3.8, 4) is 0 Å². The molecule has 0 amide bonds. The minimum absolute atomic E-state index is 0.0557. The van der Waals surface area contributed by atoms with Crippen LogP contribution in [0.3, 0.4) is 0 Å². The molecule has 2 heterocycles. The zero-order valence-corrected chi connectivity index (χ0v) is 9.00. The first-order valence-electron chi connectivity index (χ1n) is 4.70. The molecule has 5 nitrogen and oxygen atoms in total. The molecule has 0 fully saturated rings. The van der Waals surface area contributed by atoms with Crippen molar-refractivity contribution >= 4 is 5.65 Å². The molecule has 0 spiro atoms. The van der Waals surface area contributed by atoms with Gasteiger partial charge < -0.3 is 4.74 Å². The van der Waals surface area contributed by atoms with Crippen LogP contribution in [0.15, 0.2) is 10.9 Å². The van der Waals surface area contributed by atoms with Gasteiger partial charge in [0.05, 0.1) is 0 Å². The number of H-pyrrole nitrogens is 1. The Hall–Kier alpha value is -1.62. The number of hydrogen-bond acceptors (Lipinski definition) is 3. The van der Waals surface area contributed by atoms with Crippen molar-refractivity contribution in [1.29, 1.82) is 0 Å². The van der Waals surface area contributed by atoms with Crippen LogP contribution in [0, 0.1) is 13.8 Å². The fourth-order valence-electron chi connectivity index (χ4n) is 1.49. The van der Waals surface area contributed by atoms with Gasteiger partial charge in [0, 0.05) is 12.7 Å². The van der Waals surface area contributed by atoms with Crippen molar-refractivity contribution in [3.05, 3.63) is 33.4 Å². The van der Waals surface area contributed by atoms with Gasteiger partial charge >= 0.3 is 0 Å². The fourth-order valence-corrected chi connectivity index (χ4v) is 1.49. The minimum Gasteiger partial charge on any atom is -0.377 e. The number of aromatic amines is 1. The zero-order chi connectivity index (χ0) is 11.0. The first-order valence-corrected chi connectivity index (χ1v) is 4.70. The van der Waals surface area contributed by atoms with Crippen LogP contribution >= 0.6 is 0 Å². The lowest BCUT2D eigenvalue weighted by Gasteiger charge is -1.98. The highest BCUT2D eigenvalue weighted by atomic mass is 16.5. The number of methoxy groups -OCH3 is 1. The maximum atomic E-state index is 11.8. The molecule has 15 heavy (non-hydrogen) atoms. The Morgan fingerprint density at radius 3 is 2.93 bits per heavy atom. The molecule has 5 heteroatoms. The highest BCUT2D eigenvalue weighted by Gasteiger charge is 2.07. The van der Waals surface area contributed by atoms with Crippen LogP contribution in [0.4, 0.5) is 0 Å². The summed E-state index contributed by atoms with van der Waals surface area (Å²) in [6.45, 7) is 4.08. The molecule has 0 bridgehead atoms. The quantitative estimate of drug-likeness (QED) is 0.791. The molecule has 0 aliphatic rings. The van der Waals surface area contributed by atoms with Gasteiger partial charge in [-0.3, -0.25) is 9.89 Å². The standard InChI is InChI=1S/C10H13N3O2/c1-6-4-9-11-8(5-15-3)12-13(9)10(14)7(6)2/h4H,5H2,1-3H3,(H,11,12). The zero-order valence-electron chi connectivity index (χ0n) is 9.00. The molecule has 2 aromatic heterocycles. The topological polar surface area (TPSA) is 59.4 Å². The van der Waals surface area contributed by atoms with Crippen LogP contribution in [0.25, 0.3) is 5.65 Å². The maximum Gasteiger partial charge on any atom is 0.274 e. The van der Waals surface area contributed by atoms with Crippen LogP contribution in [-0.2, 0) is 11.3 Å². The Bertz CT molecular complexity index is 554. The van der Waals surface area contributed by atoms with E-state index in [0.717, 1.165) is 11.1 Å². The Morgan fingerprint density at radius 1 is 1.53 bits per heavy atom. The molecular formula is C10H13N3O2. The van der Waals surface area contributed by atoms with E-state index < -0.39 is 0 Å². The summed E-state index contributed by atoms with van der Waals surface area (Å²) in [5.74, 6) is 0.652. The van der Waals surface area contributed by atoms with Crippen molar-refractivity contribution in [2.45, 2.75) is 20.5 Å². The molecule has 0 radical (unpaired) electrons. The van der Waals surface area contributed by atoms with E-state index >= 15 is 0 Å². The number of ether oxygens (including phenoxy) is 1. The molecule has 80 valence electrons. The molecule has 2 aromatic rings. The summed E-state index contributed by atoms with van der Waals surface area (Å²) in [5, 5.41) is 2.90. The second kappa shape index (κ2) is 3.51. The van der Waals surface area contributed by atoms with Gasteiger partial charge in [-0.05, 0) is 25.5 Å². The number of fused-ring (bicyclic) bond motifs is 1. The van der Waals surface area contributed by atoms with Gasteiger partial charge in [0.25, 0.3) is 5.56 Å². The predicted octanol–water partition coefficient (Wildman–Crippen LogP) is 0.786. The van der Waals surface area contributed by atoms with E-state index in [2.05, 4.69) is 10.1 Å². The molecule has 0 saturated carbocycles. The molecule has 0 aliphatic carbocycles. The maximum absolute atomic E-state index is 11.8. The van der Waals surface area contributed by atoms with Crippen LogP contribution in [0.1, 0.15) is 17.0 Å². The van der Waals surface area contributed by atoms with Gasteiger partial charge in [-0.1, -0.05) is 0 Å². The third-order valence-electron chi connectivity index (χ3n) is 2.46. The van der Waals surface area contributed by atoms with Gasteiger partial charge in [-0.15, -0.1) is 0 Å². The Balaban J connectivity index is 2.71. The largest absolute Gasteiger partial charge is 0.377 e. The number of rotatable bonds is 2. The average molecular weight is 207 g/mol. The normalized spacial score (nSPS) is 11.1. The predicted molar refractivity (Wildman–Crippen MR) is 56.0 cm³/mol. The van der Waals surface area contributed by atoms with Gasteiger partial charge in [-0.25, -0.2) is 4.98 Å². The van der Waals surface area contributed by atoms with Crippen molar-refractivity contribution in [1.82, 2.24) is 14.6 Å². The summed E-state index contributed by atoms with van der Waals surface area (Å²) in [4.78, 5) is 16.1. The Labute approximate surface area is 86.7 Å². The lowest BCUT2D eigenvalue weighted by atomic mass is 10.2. The van der Waals surface area contributed by atoms with Crippen molar-refractivity contribution in [2.24, 2.45) is 0 Å². The highest BCUT2D eigenvalue weighted by Crippen LogP contribution is 2.05. The van der Waals surface area contributed by atoms with E-state index in [-0.39, 0.29) is 5.56 Å². The molecule has 0 atom stereocenters. The number of aromatic nitrogens is 3. The number of nitrogens with one attached hydrogen (secondary N) is 1.